The smallest absolute Gasteiger partial charge is 0.329 e. The molecule has 1 heterocycles. The molecule has 0 radical (unpaired) electrons. The Bertz CT molecular complexity index is 877. The Labute approximate surface area is 150 Å². The second-order valence-electron chi connectivity index (χ2n) is 5.94. The third-order valence-corrected chi connectivity index (χ3v) is 4.31. The van der Waals surface area contributed by atoms with Crippen LogP contribution < -0.4 is 0 Å². The van der Waals surface area contributed by atoms with Gasteiger partial charge in [-0.25, -0.2) is 4.79 Å². The summed E-state index contributed by atoms with van der Waals surface area (Å²) in [5, 5.41) is 0.539. The maximum atomic E-state index is 12.5. The number of nitrogens with zero attached hydrogens (tertiary/aromatic N) is 1. The van der Waals surface area contributed by atoms with Gasteiger partial charge in [-0.3, -0.25) is 14.5 Å². The van der Waals surface area contributed by atoms with Crippen LogP contribution in [-0.2, 0) is 16.1 Å². The molecule has 128 valence electrons. The third-order valence-electron chi connectivity index (χ3n) is 4.07. The Morgan fingerprint density at radius 3 is 2.56 bits per heavy atom. The van der Waals surface area contributed by atoms with Crippen molar-refractivity contribution in [3.8, 4) is 0 Å². The van der Waals surface area contributed by atoms with Crippen molar-refractivity contribution in [3.05, 3.63) is 69.7 Å². The van der Waals surface area contributed by atoms with Crippen molar-refractivity contribution >= 4 is 29.4 Å². The molecule has 6 heteroatoms. The summed E-state index contributed by atoms with van der Waals surface area (Å²) in [4.78, 5) is 38.2. The van der Waals surface area contributed by atoms with E-state index in [-0.39, 0.29) is 6.61 Å². The predicted octanol–water partition coefficient (Wildman–Crippen LogP) is 3.38. The van der Waals surface area contributed by atoms with Crippen LogP contribution in [0.5, 0.6) is 0 Å². The number of halogens is 1. The van der Waals surface area contributed by atoms with Gasteiger partial charge in [-0.2, -0.15) is 0 Å². The highest BCUT2D eigenvalue weighted by Gasteiger charge is 2.41. The summed E-state index contributed by atoms with van der Waals surface area (Å²) in [5.74, 6) is -1.60. The summed E-state index contributed by atoms with van der Waals surface area (Å²) < 4.78 is 5.23. The number of amides is 2. The van der Waals surface area contributed by atoms with Crippen LogP contribution in [0.25, 0.3) is 0 Å². The van der Waals surface area contributed by atoms with Crippen molar-refractivity contribution in [3.63, 3.8) is 0 Å². The molecule has 2 aromatic carbocycles. The summed E-state index contributed by atoms with van der Waals surface area (Å²) in [6.45, 7) is 3.34. The van der Waals surface area contributed by atoms with E-state index in [0.29, 0.717) is 16.1 Å². The average molecular weight is 358 g/mol. The number of hydrogen-bond acceptors (Lipinski definition) is 4. The number of carbonyl (C=O) groups excluding carboxylic acids is 3. The molecule has 1 aliphatic rings. The van der Waals surface area contributed by atoms with Gasteiger partial charge in [0.1, 0.15) is 12.6 Å². The van der Waals surface area contributed by atoms with Crippen LogP contribution in [0.4, 0.5) is 0 Å². The van der Waals surface area contributed by atoms with Gasteiger partial charge in [-0.1, -0.05) is 35.4 Å². The van der Waals surface area contributed by atoms with Gasteiger partial charge < -0.3 is 4.74 Å². The zero-order valence-electron chi connectivity index (χ0n) is 13.8. The molecule has 0 saturated carbocycles. The highest BCUT2D eigenvalue weighted by atomic mass is 35.5. The van der Waals surface area contributed by atoms with Gasteiger partial charge in [0.2, 0.25) is 0 Å². The molecule has 3 rings (SSSR count). The van der Waals surface area contributed by atoms with Gasteiger partial charge >= 0.3 is 5.97 Å². The van der Waals surface area contributed by atoms with E-state index >= 15 is 0 Å². The number of rotatable bonds is 4. The molecule has 0 aliphatic carbocycles. The Morgan fingerprint density at radius 1 is 1.12 bits per heavy atom. The first kappa shape index (κ1) is 17.2. The predicted molar refractivity (Wildman–Crippen MR) is 92.4 cm³/mol. The second-order valence-corrected chi connectivity index (χ2v) is 6.38. The number of carbonyl (C=O) groups is 3. The van der Waals surface area contributed by atoms with Crippen molar-refractivity contribution in [1.82, 2.24) is 4.90 Å². The van der Waals surface area contributed by atoms with Crippen molar-refractivity contribution < 1.29 is 19.1 Å². The standard InChI is InChI=1S/C19H16ClNO4/c1-11-6-7-15-16(8-11)18(23)21(17(15)22)12(2)19(24)25-10-13-4-3-5-14(20)9-13/h3-9,12H,10H2,1-2H3/t12-/m0/s1. The largest absolute Gasteiger partial charge is 0.459 e. The summed E-state index contributed by atoms with van der Waals surface area (Å²) in [6.07, 6.45) is 0. The average Bonchev–Trinajstić information content (AvgIpc) is 2.82. The van der Waals surface area contributed by atoms with Crippen LogP contribution >= 0.6 is 11.6 Å². The summed E-state index contributed by atoms with van der Waals surface area (Å²) >= 11 is 5.89. The zero-order chi connectivity index (χ0) is 18.1. The molecule has 2 amide bonds. The van der Waals surface area contributed by atoms with Crippen molar-refractivity contribution in [2.75, 3.05) is 0 Å². The molecule has 2 aromatic rings. The summed E-state index contributed by atoms with van der Waals surface area (Å²) in [7, 11) is 0. The molecule has 1 atom stereocenters. The summed E-state index contributed by atoms with van der Waals surface area (Å²) in [5.41, 5.74) is 2.23. The van der Waals surface area contributed by atoms with Gasteiger partial charge in [0.15, 0.2) is 0 Å². The molecule has 25 heavy (non-hydrogen) atoms. The summed E-state index contributed by atoms with van der Waals surface area (Å²) in [6, 6.07) is 10.9. The zero-order valence-corrected chi connectivity index (χ0v) is 14.5. The van der Waals surface area contributed by atoms with Crippen LogP contribution in [0.3, 0.4) is 0 Å². The van der Waals surface area contributed by atoms with Crippen molar-refractivity contribution in [2.45, 2.75) is 26.5 Å². The van der Waals surface area contributed by atoms with Gasteiger partial charge in [0.25, 0.3) is 11.8 Å². The lowest BCUT2D eigenvalue weighted by Crippen LogP contribution is -2.43. The number of aryl methyl sites for hydroxylation is 1. The molecule has 0 aromatic heterocycles. The highest BCUT2D eigenvalue weighted by molar-refractivity contribution is 6.30. The lowest BCUT2D eigenvalue weighted by molar-refractivity contribution is -0.149. The normalized spacial score (nSPS) is 14.4. The maximum Gasteiger partial charge on any atom is 0.329 e. The van der Waals surface area contributed by atoms with Gasteiger partial charge in [-0.15, -0.1) is 0 Å². The SMILES string of the molecule is Cc1ccc2c(c1)C(=O)N([C@@H](C)C(=O)OCc1cccc(Cl)c1)C2=O. The van der Waals surface area contributed by atoms with Crippen LogP contribution in [-0.4, -0.2) is 28.7 Å². The van der Waals surface area contributed by atoms with Crippen molar-refractivity contribution in [2.24, 2.45) is 0 Å². The molecular formula is C19H16ClNO4. The molecule has 0 bridgehead atoms. The molecule has 1 aliphatic heterocycles. The molecule has 0 fully saturated rings. The Balaban J connectivity index is 1.72. The minimum atomic E-state index is -1.01. The fraction of sp³-hybridized carbons (Fsp3) is 0.211. The van der Waals surface area contributed by atoms with E-state index in [1.54, 1.807) is 42.5 Å². The lowest BCUT2D eigenvalue weighted by Gasteiger charge is -2.20. The maximum absolute atomic E-state index is 12.5. The quantitative estimate of drug-likeness (QED) is 0.621. The third kappa shape index (κ3) is 3.28. The molecule has 0 spiro atoms. The van der Waals surface area contributed by atoms with Crippen molar-refractivity contribution in [1.29, 1.82) is 0 Å². The van der Waals surface area contributed by atoms with Crippen LogP contribution in [0, 0.1) is 6.92 Å². The molecule has 5 nitrogen and oxygen atoms in total. The first-order valence-corrected chi connectivity index (χ1v) is 8.16. The number of imide groups is 1. The monoisotopic (exact) mass is 357 g/mol. The molecule has 0 N–H and O–H groups in total. The first-order valence-electron chi connectivity index (χ1n) is 7.78. The minimum absolute atomic E-state index is 0.0199. The fourth-order valence-electron chi connectivity index (χ4n) is 2.73. The second kappa shape index (κ2) is 6.69. The van der Waals surface area contributed by atoms with E-state index in [1.165, 1.54) is 6.92 Å². The first-order chi connectivity index (χ1) is 11.9. The Morgan fingerprint density at radius 2 is 1.84 bits per heavy atom. The highest BCUT2D eigenvalue weighted by Crippen LogP contribution is 2.26. The van der Waals surface area contributed by atoms with E-state index in [9.17, 15) is 14.4 Å². The lowest BCUT2D eigenvalue weighted by atomic mass is 10.1. The van der Waals surface area contributed by atoms with E-state index in [4.69, 9.17) is 16.3 Å². The van der Waals surface area contributed by atoms with E-state index in [0.717, 1.165) is 16.0 Å². The number of fused-ring (bicyclic) bond motifs is 1. The van der Waals surface area contributed by atoms with E-state index in [1.807, 2.05) is 6.92 Å². The molecule has 0 saturated heterocycles. The minimum Gasteiger partial charge on any atom is -0.459 e. The van der Waals surface area contributed by atoms with Crippen LogP contribution in [0.15, 0.2) is 42.5 Å². The Kier molecular flexibility index (Phi) is 4.59. The van der Waals surface area contributed by atoms with Gasteiger partial charge in [0.05, 0.1) is 11.1 Å². The molecular weight excluding hydrogens is 342 g/mol. The Hall–Kier alpha value is -2.66. The number of hydrogen-bond donors (Lipinski definition) is 0. The number of ether oxygens (including phenoxy) is 1. The topological polar surface area (TPSA) is 63.7 Å². The fourth-order valence-corrected chi connectivity index (χ4v) is 2.95. The van der Waals surface area contributed by atoms with E-state index in [2.05, 4.69) is 0 Å². The van der Waals surface area contributed by atoms with Gasteiger partial charge in [0, 0.05) is 5.02 Å². The van der Waals surface area contributed by atoms with Crippen LogP contribution in [0.2, 0.25) is 5.02 Å². The number of esters is 1. The molecule has 0 unspecified atom stereocenters. The van der Waals surface area contributed by atoms with E-state index < -0.39 is 23.8 Å². The van der Waals surface area contributed by atoms with Crippen LogP contribution in [0.1, 0.15) is 38.8 Å². The van der Waals surface area contributed by atoms with Gasteiger partial charge in [-0.05, 0) is 43.7 Å². The number of benzene rings is 2.